The maximum atomic E-state index is 12.8. The highest BCUT2D eigenvalue weighted by molar-refractivity contribution is 7.89. The Hall–Kier alpha value is -3.69. The van der Waals surface area contributed by atoms with Crippen LogP contribution in [0.3, 0.4) is 0 Å². The maximum absolute atomic E-state index is 12.8. The number of carbonyl (C=O) groups excluding carboxylic acids is 2. The summed E-state index contributed by atoms with van der Waals surface area (Å²) in [5.41, 5.74) is 3.46. The van der Waals surface area contributed by atoms with Crippen LogP contribution in [0.15, 0.2) is 71.6 Å². The summed E-state index contributed by atoms with van der Waals surface area (Å²) in [6.45, 7) is 2.33. The third-order valence-electron chi connectivity index (χ3n) is 5.64. The molecule has 3 aromatic rings. The average molecular weight is 480 g/mol. The van der Waals surface area contributed by atoms with Crippen molar-refractivity contribution in [1.29, 1.82) is 0 Å². The normalized spacial score (nSPS) is 13.4. The smallest absolute Gasteiger partial charge is 0.265 e. The molecule has 0 fully saturated rings. The summed E-state index contributed by atoms with van der Waals surface area (Å²) >= 11 is 0. The van der Waals surface area contributed by atoms with Crippen molar-refractivity contribution in [2.24, 2.45) is 0 Å². The Morgan fingerprint density at radius 2 is 1.76 bits per heavy atom. The topological polar surface area (TPSA) is 96.0 Å². The largest absolute Gasteiger partial charge is 0.482 e. The molecule has 8 nitrogen and oxygen atoms in total. The van der Waals surface area contributed by atoms with Crippen LogP contribution in [-0.2, 0) is 21.4 Å². The van der Waals surface area contributed by atoms with E-state index in [9.17, 15) is 18.0 Å². The lowest BCUT2D eigenvalue weighted by atomic mass is 10.1. The van der Waals surface area contributed by atoms with Gasteiger partial charge in [0.15, 0.2) is 6.61 Å². The predicted molar refractivity (Wildman–Crippen MR) is 130 cm³/mol. The van der Waals surface area contributed by atoms with Crippen molar-refractivity contribution in [2.45, 2.75) is 18.4 Å². The van der Waals surface area contributed by atoms with Gasteiger partial charge in [-0.25, -0.2) is 12.7 Å². The second-order valence-corrected chi connectivity index (χ2v) is 10.3. The van der Waals surface area contributed by atoms with Gasteiger partial charge in [0.05, 0.1) is 17.1 Å². The van der Waals surface area contributed by atoms with Crippen LogP contribution in [0.1, 0.15) is 21.5 Å². The second kappa shape index (κ2) is 9.28. The number of anilines is 2. The van der Waals surface area contributed by atoms with Crippen molar-refractivity contribution < 1.29 is 22.7 Å². The van der Waals surface area contributed by atoms with Crippen molar-refractivity contribution in [3.8, 4) is 5.75 Å². The fourth-order valence-corrected chi connectivity index (χ4v) is 4.51. The van der Waals surface area contributed by atoms with Crippen molar-refractivity contribution in [2.75, 3.05) is 30.9 Å². The minimum absolute atomic E-state index is 0.0488. The molecule has 0 radical (unpaired) electrons. The number of nitrogens with one attached hydrogen (secondary N) is 1. The van der Waals surface area contributed by atoms with E-state index in [0.29, 0.717) is 29.2 Å². The maximum Gasteiger partial charge on any atom is 0.265 e. The number of benzene rings is 3. The lowest BCUT2D eigenvalue weighted by Gasteiger charge is -2.30. The fraction of sp³-hybridized carbons (Fsp3) is 0.200. The molecule has 0 spiro atoms. The highest BCUT2D eigenvalue weighted by atomic mass is 32.2. The SMILES string of the molecule is Cc1ccccc1CN1C(=O)COc2ccc(NC(=O)c3ccc(S(=O)(=O)N(C)C)cc3)cc21. The second-order valence-electron chi connectivity index (χ2n) is 8.14. The molecule has 1 aliphatic rings. The van der Waals surface area contributed by atoms with Gasteiger partial charge < -0.3 is 15.0 Å². The van der Waals surface area contributed by atoms with Crippen LogP contribution in [-0.4, -0.2) is 45.2 Å². The van der Waals surface area contributed by atoms with Crippen LogP contribution in [0.25, 0.3) is 0 Å². The van der Waals surface area contributed by atoms with Gasteiger partial charge in [0.1, 0.15) is 5.75 Å². The lowest BCUT2D eigenvalue weighted by molar-refractivity contribution is -0.121. The Morgan fingerprint density at radius 3 is 2.44 bits per heavy atom. The van der Waals surface area contributed by atoms with E-state index in [1.54, 1.807) is 23.1 Å². The monoisotopic (exact) mass is 479 g/mol. The van der Waals surface area contributed by atoms with Crippen LogP contribution in [0, 0.1) is 6.92 Å². The van der Waals surface area contributed by atoms with Gasteiger partial charge in [-0.2, -0.15) is 0 Å². The molecule has 1 aliphatic heterocycles. The Morgan fingerprint density at radius 1 is 1.06 bits per heavy atom. The molecule has 0 atom stereocenters. The number of ether oxygens (including phenoxy) is 1. The summed E-state index contributed by atoms with van der Waals surface area (Å²) in [6, 6.07) is 18.7. The zero-order chi connectivity index (χ0) is 24.5. The number of fused-ring (bicyclic) bond motifs is 1. The minimum Gasteiger partial charge on any atom is -0.482 e. The van der Waals surface area contributed by atoms with Gasteiger partial charge in [-0.15, -0.1) is 0 Å². The van der Waals surface area contributed by atoms with Gasteiger partial charge >= 0.3 is 0 Å². The zero-order valence-corrected chi connectivity index (χ0v) is 19.9. The third kappa shape index (κ3) is 4.66. The number of rotatable bonds is 6. The van der Waals surface area contributed by atoms with E-state index in [0.717, 1.165) is 15.4 Å². The van der Waals surface area contributed by atoms with Gasteiger partial charge in [-0.1, -0.05) is 24.3 Å². The van der Waals surface area contributed by atoms with Gasteiger partial charge in [0.2, 0.25) is 10.0 Å². The van der Waals surface area contributed by atoms with Crippen LogP contribution >= 0.6 is 0 Å². The number of sulfonamides is 1. The Kier molecular flexibility index (Phi) is 6.41. The number of hydrogen-bond donors (Lipinski definition) is 1. The first kappa shape index (κ1) is 23.5. The molecule has 9 heteroatoms. The van der Waals surface area contributed by atoms with E-state index in [-0.39, 0.29) is 17.4 Å². The van der Waals surface area contributed by atoms with Crippen LogP contribution in [0.4, 0.5) is 11.4 Å². The molecule has 3 aromatic carbocycles. The molecular weight excluding hydrogens is 454 g/mol. The molecule has 0 aromatic heterocycles. The van der Waals surface area contributed by atoms with E-state index >= 15 is 0 Å². The number of amides is 2. The van der Waals surface area contributed by atoms with Gasteiger partial charge in [-0.3, -0.25) is 9.59 Å². The highest BCUT2D eigenvalue weighted by Crippen LogP contribution is 2.36. The Bertz CT molecular complexity index is 1350. The third-order valence-corrected chi connectivity index (χ3v) is 7.47. The summed E-state index contributed by atoms with van der Waals surface area (Å²) in [7, 11) is -0.684. The van der Waals surface area contributed by atoms with E-state index < -0.39 is 15.9 Å². The predicted octanol–water partition coefficient (Wildman–Crippen LogP) is 3.42. The molecule has 0 aliphatic carbocycles. The molecule has 4 rings (SSSR count). The quantitative estimate of drug-likeness (QED) is 0.585. The van der Waals surface area contributed by atoms with Crippen LogP contribution < -0.4 is 15.0 Å². The molecule has 1 N–H and O–H groups in total. The molecule has 1 heterocycles. The van der Waals surface area contributed by atoms with E-state index in [2.05, 4.69) is 5.32 Å². The van der Waals surface area contributed by atoms with Crippen molar-refractivity contribution in [1.82, 2.24) is 4.31 Å². The first-order chi connectivity index (χ1) is 16.2. The molecular formula is C25H25N3O5S. The lowest BCUT2D eigenvalue weighted by Crippen LogP contribution is -2.38. The number of hydrogen-bond acceptors (Lipinski definition) is 5. The summed E-state index contributed by atoms with van der Waals surface area (Å²) in [6.07, 6.45) is 0. The molecule has 2 amide bonds. The first-order valence-corrected chi connectivity index (χ1v) is 12.1. The molecule has 176 valence electrons. The summed E-state index contributed by atoms with van der Waals surface area (Å²) in [5.74, 6) is -0.0105. The molecule has 0 saturated carbocycles. The standard InChI is InChI=1S/C25H25N3O5S/c1-17-6-4-5-7-19(17)15-28-22-14-20(10-13-23(22)33-16-24(28)29)26-25(30)18-8-11-21(12-9-18)34(31,32)27(2)3/h4-14H,15-16H2,1-3H3,(H,26,30). The first-order valence-electron chi connectivity index (χ1n) is 10.6. The summed E-state index contributed by atoms with van der Waals surface area (Å²) in [4.78, 5) is 27.2. The summed E-state index contributed by atoms with van der Waals surface area (Å²) < 4.78 is 31.2. The summed E-state index contributed by atoms with van der Waals surface area (Å²) in [5, 5.41) is 2.81. The van der Waals surface area contributed by atoms with E-state index in [1.165, 1.54) is 38.4 Å². The Labute approximate surface area is 198 Å². The highest BCUT2D eigenvalue weighted by Gasteiger charge is 2.26. The van der Waals surface area contributed by atoms with E-state index in [4.69, 9.17) is 4.74 Å². The number of aryl methyl sites for hydroxylation is 1. The van der Waals surface area contributed by atoms with Gasteiger partial charge in [-0.05, 0) is 60.5 Å². The van der Waals surface area contributed by atoms with Crippen LogP contribution in [0.2, 0.25) is 0 Å². The number of carbonyl (C=O) groups is 2. The minimum atomic E-state index is -3.58. The fourth-order valence-electron chi connectivity index (χ4n) is 3.60. The number of nitrogens with zero attached hydrogens (tertiary/aromatic N) is 2. The molecule has 34 heavy (non-hydrogen) atoms. The molecule has 0 saturated heterocycles. The van der Waals surface area contributed by atoms with Crippen molar-refractivity contribution in [3.05, 3.63) is 83.4 Å². The van der Waals surface area contributed by atoms with E-state index in [1.807, 2.05) is 31.2 Å². The molecule has 0 bridgehead atoms. The van der Waals surface area contributed by atoms with Gasteiger partial charge in [0.25, 0.3) is 11.8 Å². The van der Waals surface area contributed by atoms with Gasteiger partial charge in [0, 0.05) is 25.3 Å². The zero-order valence-electron chi connectivity index (χ0n) is 19.1. The van der Waals surface area contributed by atoms with Crippen LogP contribution in [0.5, 0.6) is 5.75 Å². The van der Waals surface area contributed by atoms with Crippen molar-refractivity contribution >= 4 is 33.2 Å². The molecule has 0 unspecified atom stereocenters. The van der Waals surface area contributed by atoms with Crippen molar-refractivity contribution in [3.63, 3.8) is 0 Å². The average Bonchev–Trinajstić information content (AvgIpc) is 2.82. The Balaban J connectivity index is 1.56.